The first-order valence-corrected chi connectivity index (χ1v) is 10.3. The van der Waals surface area contributed by atoms with Crippen molar-refractivity contribution >= 4 is 41.3 Å². The van der Waals surface area contributed by atoms with Crippen molar-refractivity contribution in [3.63, 3.8) is 0 Å². The molecule has 0 spiro atoms. The van der Waals surface area contributed by atoms with Crippen molar-refractivity contribution in [1.82, 2.24) is 10.6 Å². The molecule has 1 fully saturated rings. The molecular weight excluding hydrogens is 420 g/mol. The molecule has 3 rings (SSSR count). The van der Waals surface area contributed by atoms with Gasteiger partial charge in [-0.05, 0) is 23.8 Å². The number of amides is 4. The van der Waals surface area contributed by atoms with Crippen LogP contribution in [0, 0.1) is 0 Å². The summed E-state index contributed by atoms with van der Waals surface area (Å²) in [4.78, 5) is 38.5. The number of methoxy groups -OCH3 is 1. The number of rotatable bonds is 9. The zero-order valence-corrected chi connectivity index (χ0v) is 18.2. The molecule has 1 heterocycles. The minimum Gasteiger partial charge on any atom is -0.382 e. The van der Waals surface area contributed by atoms with E-state index in [1.807, 2.05) is 36.4 Å². The van der Waals surface area contributed by atoms with Crippen LogP contribution in [0.15, 0.2) is 42.5 Å². The lowest BCUT2D eigenvalue weighted by molar-refractivity contribution is -0.120. The predicted molar refractivity (Wildman–Crippen MR) is 121 cm³/mol. The second-order valence-corrected chi connectivity index (χ2v) is 7.45. The Balaban J connectivity index is 1.85. The van der Waals surface area contributed by atoms with E-state index in [-0.39, 0.29) is 30.9 Å². The van der Waals surface area contributed by atoms with Crippen LogP contribution in [0.1, 0.15) is 6.42 Å². The fraction of sp³-hybridized carbons (Fsp3) is 0.318. The van der Waals surface area contributed by atoms with Crippen LogP contribution in [-0.4, -0.2) is 58.2 Å². The highest BCUT2D eigenvalue weighted by atomic mass is 35.5. The summed E-state index contributed by atoms with van der Waals surface area (Å²) in [7, 11) is 3.16. The number of carbonyl (C=O) groups excluding carboxylic acids is 3. The molecule has 2 aromatic rings. The van der Waals surface area contributed by atoms with Crippen LogP contribution in [-0.2, 0) is 14.3 Å². The average Bonchev–Trinajstić information content (AvgIpc) is 3.15. The Hall–Kier alpha value is -3.10. The van der Waals surface area contributed by atoms with Gasteiger partial charge in [-0.3, -0.25) is 14.5 Å². The molecule has 2 N–H and O–H groups in total. The van der Waals surface area contributed by atoms with Crippen LogP contribution in [0.5, 0.6) is 0 Å². The van der Waals surface area contributed by atoms with E-state index in [9.17, 15) is 14.4 Å². The summed E-state index contributed by atoms with van der Waals surface area (Å²) in [5.74, 6) is -0.160. The van der Waals surface area contributed by atoms with Crippen LogP contribution in [0.3, 0.4) is 0 Å². The highest BCUT2D eigenvalue weighted by molar-refractivity contribution is 6.36. The van der Waals surface area contributed by atoms with Crippen molar-refractivity contribution < 1.29 is 19.1 Å². The van der Waals surface area contributed by atoms with Gasteiger partial charge in [0.25, 0.3) is 0 Å². The molecule has 31 heavy (non-hydrogen) atoms. The Morgan fingerprint density at radius 1 is 1.32 bits per heavy atom. The zero-order chi connectivity index (χ0) is 22.4. The molecule has 1 saturated heterocycles. The van der Waals surface area contributed by atoms with E-state index >= 15 is 0 Å². The van der Waals surface area contributed by atoms with E-state index in [0.717, 1.165) is 16.8 Å². The molecule has 4 amide bonds. The molecule has 0 bridgehead atoms. The van der Waals surface area contributed by atoms with Gasteiger partial charge < -0.3 is 20.3 Å². The maximum Gasteiger partial charge on any atom is 0.322 e. The van der Waals surface area contributed by atoms with E-state index in [0.29, 0.717) is 30.3 Å². The average molecular weight is 445 g/mol. The molecule has 1 aliphatic heterocycles. The molecule has 0 saturated carbocycles. The monoisotopic (exact) mass is 444 g/mol. The molecule has 8 nitrogen and oxygen atoms in total. The fourth-order valence-electron chi connectivity index (χ4n) is 3.54. The smallest absolute Gasteiger partial charge is 0.322 e. The van der Waals surface area contributed by atoms with Crippen molar-refractivity contribution in [2.75, 3.05) is 43.7 Å². The third-order valence-corrected chi connectivity index (χ3v) is 5.56. The SMILES string of the molecule is CNC(=O)CCN(C=O)c1cccc(-c2ccc(N3C(=O)NCC3COC)cc2)c1Cl. The van der Waals surface area contributed by atoms with Crippen molar-refractivity contribution in [1.29, 1.82) is 0 Å². The Bertz CT molecular complexity index is 951. The largest absolute Gasteiger partial charge is 0.382 e. The predicted octanol–water partition coefficient (Wildman–Crippen LogP) is 2.65. The number of nitrogens with zero attached hydrogens (tertiary/aromatic N) is 2. The Morgan fingerprint density at radius 2 is 2.06 bits per heavy atom. The van der Waals surface area contributed by atoms with Gasteiger partial charge >= 0.3 is 6.03 Å². The molecule has 2 aromatic carbocycles. The van der Waals surface area contributed by atoms with Crippen molar-refractivity contribution in [3.8, 4) is 11.1 Å². The second kappa shape index (κ2) is 10.3. The molecule has 0 aromatic heterocycles. The summed E-state index contributed by atoms with van der Waals surface area (Å²) in [6.07, 6.45) is 0.837. The number of carbonyl (C=O) groups is 3. The van der Waals surface area contributed by atoms with Crippen LogP contribution in [0.25, 0.3) is 11.1 Å². The second-order valence-electron chi connectivity index (χ2n) is 7.07. The number of halogens is 1. The van der Waals surface area contributed by atoms with E-state index in [1.165, 1.54) is 4.90 Å². The first kappa shape index (κ1) is 22.6. The van der Waals surface area contributed by atoms with E-state index < -0.39 is 0 Å². The molecular formula is C22H25ClN4O4. The van der Waals surface area contributed by atoms with Gasteiger partial charge in [0.2, 0.25) is 12.3 Å². The number of anilines is 2. The number of hydrogen-bond donors (Lipinski definition) is 2. The van der Waals surface area contributed by atoms with Gasteiger partial charge in [-0.15, -0.1) is 0 Å². The first-order chi connectivity index (χ1) is 15.0. The standard InChI is InChI=1S/C22H25ClN4O4/c1-24-20(29)10-11-26(14-28)19-5-3-4-18(21(19)23)15-6-8-16(9-7-15)27-17(13-31-2)12-25-22(27)30/h3-9,14,17H,10-13H2,1-2H3,(H,24,29)(H,25,30). The summed E-state index contributed by atoms with van der Waals surface area (Å²) < 4.78 is 5.21. The van der Waals surface area contributed by atoms with E-state index in [1.54, 1.807) is 25.1 Å². The Labute approximate surface area is 186 Å². The van der Waals surface area contributed by atoms with Crippen molar-refractivity contribution in [3.05, 3.63) is 47.5 Å². The summed E-state index contributed by atoms with van der Waals surface area (Å²) in [6, 6.07) is 12.6. The summed E-state index contributed by atoms with van der Waals surface area (Å²) in [5, 5.41) is 5.78. The highest BCUT2D eigenvalue weighted by Crippen LogP contribution is 2.36. The molecule has 1 aliphatic rings. The molecule has 0 aliphatic carbocycles. The topological polar surface area (TPSA) is 91.0 Å². The number of urea groups is 1. The van der Waals surface area contributed by atoms with Crippen LogP contribution in [0.2, 0.25) is 5.02 Å². The van der Waals surface area contributed by atoms with E-state index in [4.69, 9.17) is 16.3 Å². The normalized spacial score (nSPS) is 15.5. The molecule has 1 atom stereocenters. The van der Waals surface area contributed by atoms with Crippen LogP contribution in [0.4, 0.5) is 16.2 Å². The van der Waals surface area contributed by atoms with Gasteiger partial charge in [-0.25, -0.2) is 4.79 Å². The Morgan fingerprint density at radius 3 is 2.71 bits per heavy atom. The maximum atomic E-state index is 12.2. The number of nitrogens with one attached hydrogen (secondary N) is 2. The van der Waals surface area contributed by atoms with Crippen LogP contribution >= 0.6 is 11.6 Å². The van der Waals surface area contributed by atoms with Gasteiger partial charge in [0.1, 0.15) is 0 Å². The zero-order valence-electron chi connectivity index (χ0n) is 17.4. The minimum atomic E-state index is -0.160. The number of benzene rings is 2. The lowest BCUT2D eigenvalue weighted by Crippen LogP contribution is -2.36. The summed E-state index contributed by atoms with van der Waals surface area (Å²) >= 11 is 6.63. The summed E-state index contributed by atoms with van der Waals surface area (Å²) in [5.41, 5.74) is 2.88. The molecule has 164 valence electrons. The van der Waals surface area contributed by atoms with Gasteiger partial charge in [0.15, 0.2) is 0 Å². The van der Waals surface area contributed by atoms with Gasteiger partial charge in [-0.1, -0.05) is 35.9 Å². The van der Waals surface area contributed by atoms with Gasteiger partial charge in [0.05, 0.1) is 23.4 Å². The van der Waals surface area contributed by atoms with E-state index in [2.05, 4.69) is 10.6 Å². The van der Waals surface area contributed by atoms with Gasteiger partial charge in [-0.2, -0.15) is 0 Å². The Kier molecular flexibility index (Phi) is 7.49. The molecule has 9 heteroatoms. The molecule has 1 unspecified atom stereocenters. The third-order valence-electron chi connectivity index (χ3n) is 5.16. The van der Waals surface area contributed by atoms with Gasteiger partial charge in [0, 0.05) is 44.9 Å². The quantitative estimate of drug-likeness (QED) is 0.582. The minimum absolute atomic E-state index is 0.0725. The molecule has 0 radical (unpaired) electrons. The van der Waals surface area contributed by atoms with Crippen LogP contribution < -0.4 is 20.4 Å². The number of ether oxygens (including phenoxy) is 1. The lowest BCUT2D eigenvalue weighted by Gasteiger charge is -2.23. The van der Waals surface area contributed by atoms with Crippen molar-refractivity contribution in [2.24, 2.45) is 0 Å². The van der Waals surface area contributed by atoms with Crippen molar-refractivity contribution in [2.45, 2.75) is 12.5 Å². The number of hydrogen-bond acceptors (Lipinski definition) is 4. The summed E-state index contributed by atoms with van der Waals surface area (Å²) in [6.45, 7) is 1.18. The first-order valence-electron chi connectivity index (χ1n) is 9.87. The maximum absolute atomic E-state index is 12.2. The highest BCUT2D eigenvalue weighted by Gasteiger charge is 2.31. The third kappa shape index (κ3) is 4.98. The lowest BCUT2D eigenvalue weighted by atomic mass is 10.0. The fourth-order valence-corrected chi connectivity index (χ4v) is 3.89.